The minimum absolute atomic E-state index is 0.0774. The van der Waals surface area contributed by atoms with E-state index in [1.165, 1.54) is 19.1 Å². The van der Waals surface area contributed by atoms with E-state index in [2.05, 4.69) is 5.32 Å². The van der Waals surface area contributed by atoms with Gasteiger partial charge in [-0.1, -0.05) is 12.2 Å². The van der Waals surface area contributed by atoms with Gasteiger partial charge in [-0.25, -0.2) is 9.59 Å². The van der Waals surface area contributed by atoms with Gasteiger partial charge >= 0.3 is 11.9 Å². The van der Waals surface area contributed by atoms with Crippen LogP contribution in [0.4, 0.5) is 0 Å². The first-order valence-electron chi connectivity index (χ1n) is 5.93. The van der Waals surface area contributed by atoms with Crippen molar-refractivity contribution >= 4 is 23.9 Å². The number of nitrogens with one attached hydrogen (secondary N) is 1. The van der Waals surface area contributed by atoms with Crippen LogP contribution in [-0.4, -0.2) is 34.6 Å². The minimum atomic E-state index is -1.18. The molecule has 0 fully saturated rings. The second-order valence-electron chi connectivity index (χ2n) is 4.13. The maximum absolute atomic E-state index is 10.9. The molecule has 0 aliphatic rings. The number of carboxylic acid groups (broad SMARTS) is 2. The third-order valence-electron chi connectivity index (χ3n) is 2.44. The summed E-state index contributed by atoms with van der Waals surface area (Å²) in [6.07, 6.45) is 3.93. The number of carbonyl (C=O) groups is 3. The van der Waals surface area contributed by atoms with Crippen LogP contribution in [0.1, 0.15) is 39.6 Å². The summed E-state index contributed by atoms with van der Waals surface area (Å²) < 4.78 is 0. The Balaban J connectivity index is 2.83. The van der Waals surface area contributed by atoms with Crippen LogP contribution in [0.3, 0.4) is 0 Å². The van der Waals surface area contributed by atoms with Gasteiger partial charge in [-0.05, 0) is 30.2 Å². The molecular weight excluding hydrogens is 262 g/mol. The molecule has 0 radical (unpaired) electrons. The zero-order chi connectivity index (χ0) is 15.1. The Morgan fingerprint density at radius 3 is 2.10 bits per heavy atom. The molecule has 0 aromatic heterocycles. The van der Waals surface area contributed by atoms with E-state index >= 15 is 0 Å². The summed E-state index contributed by atoms with van der Waals surface area (Å²) in [4.78, 5) is 32.5. The van der Waals surface area contributed by atoms with E-state index in [-0.39, 0.29) is 17.0 Å². The van der Waals surface area contributed by atoms with Crippen molar-refractivity contribution in [2.75, 3.05) is 6.54 Å². The zero-order valence-corrected chi connectivity index (χ0v) is 10.9. The summed E-state index contributed by atoms with van der Waals surface area (Å²) in [6.45, 7) is 1.88. The lowest BCUT2D eigenvalue weighted by Crippen LogP contribution is -2.20. The summed E-state index contributed by atoms with van der Waals surface area (Å²) in [5.74, 6) is -2.48. The molecule has 0 saturated carbocycles. The van der Waals surface area contributed by atoms with Crippen molar-refractivity contribution < 1.29 is 24.6 Å². The molecule has 1 amide bonds. The first kappa shape index (κ1) is 15.4. The summed E-state index contributed by atoms with van der Waals surface area (Å²) in [6, 6.07) is 3.90. The van der Waals surface area contributed by atoms with Crippen molar-refractivity contribution in [3.05, 3.63) is 41.0 Å². The normalized spacial score (nSPS) is 10.4. The van der Waals surface area contributed by atoms with Crippen LogP contribution in [0.15, 0.2) is 24.3 Å². The van der Waals surface area contributed by atoms with E-state index in [9.17, 15) is 14.4 Å². The smallest absolute Gasteiger partial charge is 0.335 e. The predicted octanol–water partition coefficient (Wildman–Crippen LogP) is 1.62. The fraction of sp³-hybridized carbons (Fsp3) is 0.214. The van der Waals surface area contributed by atoms with Gasteiger partial charge in [0.15, 0.2) is 0 Å². The van der Waals surface area contributed by atoms with Gasteiger partial charge < -0.3 is 15.5 Å². The monoisotopic (exact) mass is 277 g/mol. The Hall–Kier alpha value is -2.63. The Morgan fingerprint density at radius 1 is 1.10 bits per heavy atom. The highest BCUT2D eigenvalue weighted by molar-refractivity contribution is 5.94. The van der Waals surface area contributed by atoms with Crippen molar-refractivity contribution in [3.63, 3.8) is 0 Å². The molecule has 0 atom stereocenters. The maximum atomic E-state index is 10.9. The molecule has 3 N–H and O–H groups in total. The molecule has 1 rings (SSSR count). The molecular formula is C14H15NO5. The third-order valence-corrected chi connectivity index (χ3v) is 2.44. The van der Waals surface area contributed by atoms with Crippen molar-refractivity contribution in [2.45, 2.75) is 13.3 Å². The molecule has 0 spiro atoms. The third kappa shape index (κ3) is 4.93. The first-order chi connectivity index (χ1) is 9.40. The second-order valence-corrected chi connectivity index (χ2v) is 4.13. The van der Waals surface area contributed by atoms with Crippen LogP contribution < -0.4 is 5.32 Å². The average Bonchev–Trinajstić information content (AvgIpc) is 2.37. The molecule has 1 aromatic rings. The summed E-state index contributed by atoms with van der Waals surface area (Å²) in [5, 5.41) is 20.5. The molecule has 20 heavy (non-hydrogen) atoms. The standard InChI is InChI=1S/C14H15NO5/c1-9(16)15-5-3-2-4-10-6-11(13(17)18)8-12(7-10)14(19)20/h2,4,6-8H,3,5H2,1H3,(H,15,16)(H,17,18)(H,19,20). The quantitative estimate of drug-likeness (QED) is 0.685. The number of aromatic carboxylic acids is 2. The van der Waals surface area contributed by atoms with Crippen molar-refractivity contribution in [1.82, 2.24) is 5.32 Å². The van der Waals surface area contributed by atoms with E-state index in [1.807, 2.05) is 0 Å². The SMILES string of the molecule is CC(=O)NCCC=Cc1cc(C(=O)O)cc(C(=O)O)c1. The van der Waals surface area contributed by atoms with Crippen LogP contribution in [0, 0.1) is 0 Å². The summed E-state index contributed by atoms with van der Waals surface area (Å²) in [7, 11) is 0. The fourth-order valence-electron chi connectivity index (χ4n) is 1.55. The van der Waals surface area contributed by atoms with Gasteiger partial charge in [0, 0.05) is 13.5 Å². The van der Waals surface area contributed by atoms with Crippen LogP contribution in [0.5, 0.6) is 0 Å². The predicted molar refractivity (Wildman–Crippen MR) is 72.7 cm³/mol. The Labute approximate surface area is 115 Å². The Bertz CT molecular complexity index is 530. The molecule has 0 aliphatic heterocycles. The highest BCUT2D eigenvalue weighted by Crippen LogP contribution is 2.12. The van der Waals surface area contributed by atoms with Gasteiger partial charge in [-0.2, -0.15) is 0 Å². The molecule has 1 aromatic carbocycles. The van der Waals surface area contributed by atoms with Gasteiger partial charge in [0.1, 0.15) is 0 Å². The van der Waals surface area contributed by atoms with Crippen LogP contribution in [0.2, 0.25) is 0 Å². The number of benzene rings is 1. The van der Waals surface area contributed by atoms with Gasteiger partial charge in [0.25, 0.3) is 0 Å². The first-order valence-corrected chi connectivity index (χ1v) is 5.93. The topological polar surface area (TPSA) is 104 Å². The van der Waals surface area contributed by atoms with Crippen LogP contribution in [0.25, 0.3) is 6.08 Å². The van der Waals surface area contributed by atoms with E-state index in [4.69, 9.17) is 10.2 Å². The lowest BCUT2D eigenvalue weighted by molar-refractivity contribution is -0.118. The highest BCUT2D eigenvalue weighted by atomic mass is 16.4. The number of hydrogen-bond acceptors (Lipinski definition) is 3. The number of rotatable bonds is 6. The molecule has 0 saturated heterocycles. The Kier molecular flexibility index (Phi) is 5.46. The molecule has 0 aliphatic carbocycles. The van der Waals surface area contributed by atoms with Gasteiger partial charge in [0.05, 0.1) is 11.1 Å². The van der Waals surface area contributed by atoms with E-state index in [0.717, 1.165) is 6.07 Å². The van der Waals surface area contributed by atoms with E-state index in [1.54, 1.807) is 12.2 Å². The van der Waals surface area contributed by atoms with Crippen LogP contribution >= 0.6 is 0 Å². The molecule has 6 heteroatoms. The van der Waals surface area contributed by atoms with Crippen LogP contribution in [-0.2, 0) is 4.79 Å². The van der Waals surface area contributed by atoms with Crippen molar-refractivity contribution in [3.8, 4) is 0 Å². The molecule has 6 nitrogen and oxygen atoms in total. The van der Waals surface area contributed by atoms with Crippen molar-refractivity contribution in [2.24, 2.45) is 0 Å². The van der Waals surface area contributed by atoms with Gasteiger partial charge in [-0.3, -0.25) is 4.79 Å². The average molecular weight is 277 g/mol. The molecule has 0 unspecified atom stereocenters. The lowest BCUT2D eigenvalue weighted by Gasteiger charge is -2.02. The lowest BCUT2D eigenvalue weighted by atomic mass is 10.0. The van der Waals surface area contributed by atoms with E-state index < -0.39 is 11.9 Å². The van der Waals surface area contributed by atoms with Gasteiger partial charge in [-0.15, -0.1) is 0 Å². The maximum Gasteiger partial charge on any atom is 0.335 e. The van der Waals surface area contributed by atoms with Crippen molar-refractivity contribution in [1.29, 1.82) is 0 Å². The Morgan fingerprint density at radius 2 is 1.65 bits per heavy atom. The molecule has 0 heterocycles. The fourth-order valence-corrected chi connectivity index (χ4v) is 1.55. The molecule has 0 bridgehead atoms. The van der Waals surface area contributed by atoms with E-state index in [0.29, 0.717) is 18.5 Å². The number of carboxylic acids is 2. The second kappa shape index (κ2) is 7.08. The number of carbonyl (C=O) groups excluding carboxylic acids is 1. The number of amides is 1. The number of hydrogen-bond donors (Lipinski definition) is 3. The summed E-state index contributed by atoms with van der Waals surface area (Å²) >= 11 is 0. The summed E-state index contributed by atoms with van der Waals surface area (Å²) in [5.41, 5.74) is 0.336. The minimum Gasteiger partial charge on any atom is -0.478 e. The molecule has 106 valence electrons. The zero-order valence-electron chi connectivity index (χ0n) is 10.9. The highest BCUT2D eigenvalue weighted by Gasteiger charge is 2.10. The van der Waals surface area contributed by atoms with Gasteiger partial charge in [0.2, 0.25) is 5.91 Å². The largest absolute Gasteiger partial charge is 0.478 e.